The summed E-state index contributed by atoms with van der Waals surface area (Å²) < 4.78 is 5.84. The number of rotatable bonds is 6. The Hall–Kier alpha value is -2.24. The molecule has 1 heterocycles. The van der Waals surface area contributed by atoms with Crippen LogP contribution in [0.2, 0.25) is 0 Å². The van der Waals surface area contributed by atoms with Gasteiger partial charge in [0.2, 0.25) is 11.8 Å². The quantitative estimate of drug-likeness (QED) is 0.603. The molecule has 0 aromatic heterocycles. The molecule has 2 amide bonds. The van der Waals surface area contributed by atoms with Crippen LogP contribution >= 0.6 is 0 Å². The van der Waals surface area contributed by atoms with Gasteiger partial charge in [0, 0.05) is 31.5 Å². The summed E-state index contributed by atoms with van der Waals surface area (Å²) >= 11 is 0. The Morgan fingerprint density at radius 1 is 1.27 bits per heavy atom. The monoisotopic (exact) mass is 360 g/mol. The van der Waals surface area contributed by atoms with Crippen molar-refractivity contribution in [1.29, 1.82) is 0 Å². The first-order valence-corrected chi connectivity index (χ1v) is 9.59. The molecule has 1 fully saturated rings. The van der Waals surface area contributed by atoms with Gasteiger partial charge in [-0.3, -0.25) is 9.59 Å². The number of carbonyl (C=O) groups excluding carboxylic acids is 2. The number of hydrogen-bond acceptors (Lipinski definition) is 4. The highest BCUT2D eigenvalue weighted by molar-refractivity contribution is 5.96. The second-order valence-corrected chi connectivity index (χ2v) is 7.23. The van der Waals surface area contributed by atoms with Crippen molar-refractivity contribution in [3.63, 3.8) is 0 Å². The highest BCUT2D eigenvalue weighted by atomic mass is 16.5. The molecule has 2 aliphatic rings. The largest absolute Gasteiger partial charge is 0.506 e. The van der Waals surface area contributed by atoms with E-state index in [0.717, 1.165) is 18.4 Å². The molecule has 1 aliphatic carbocycles. The number of nitrogens with one attached hydrogen (secondary N) is 1. The number of anilines is 1. The Labute approximate surface area is 154 Å². The Kier molecular flexibility index (Phi) is 6.01. The van der Waals surface area contributed by atoms with Crippen molar-refractivity contribution in [2.45, 2.75) is 63.8 Å². The van der Waals surface area contributed by atoms with Gasteiger partial charge in [0.25, 0.3) is 0 Å². The molecule has 0 spiro atoms. The summed E-state index contributed by atoms with van der Waals surface area (Å²) in [5, 5.41) is 12.6. The van der Waals surface area contributed by atoms with E-state index in [1.165, 1.54) is 25.3 Å². The lowest BCUT2D eigenvalue weighted by molar-refractivity contribution is -0.132. The minimum Gasteiger partial charge on any atom is -0.506 e. The second-order valence-electron chi connectivity index (χ2n) is 7.23. The van der Waals surface area contributed by atoms with Crippen LogP contribution < -0.4 is 10.1 Å². The van der Waals surface area contributed by atoms with Crippen LogP contribution in [-0.2, 0) is 16.0 Å². The molecule has 0 radical (unpaired) electrons. The topological polar surface area (TPSA) is 78.9 Å². The van der Waals surface area contributed by atoms with E-state index in [1.807, 2.05) is 11.9 Å². The van der Waals surface area contributed by atoms with Gasteiger partial charge in [-0.05, 0) is 37.8 Å². The number of ether oxygens (including phenoxy) is 1. The summed E-state index contributed by atoms with van der Waals surface area (Å²) in [5.74, 6) is 0.817. The van der Waals surface area contributed by atoms with Crippen molar-refractivity contribution in [3.8, 4) is 11.5 Å². The number of aromatic hydroxyl groups is 1. The van der Waals surface area contributed by atoms with Crippen molar-refractivity contribution in [3.05, 3.63) is 17.7 Å². The van der Waals surface area contributed by atoms with E-state index in [-0.39, 0.29) is 17.6 Å². The third-order valence-corrected chi connectivity index (χ3v) is 5.42. The Morgan fingerprint density at radius 2 is 2.04 bits per heavy atom. The average molecular weight is 360 g/mol. The fraction of sp³-hybridized carbons (Fsp3) is 0.600. The zero-order valence-corrected chi connectivity index (χ0v) is 15.4. The Morgan fingerprint density at radius 3 is 2.81 bits per heavy atom. The van der Waals surface area contributed by atoms with E-state index >= 15 is 0 Å². The van der Waals surface area contributed by atoms with Crippen molar-refractivity contribution in [2.24, 2.45) is 0 Å². The molecule has 1 aromatic carbocycles. The number of fused-ring (bicyclic) bond motifs is 1. The third-order valence-electron chi connectivity index (χ3n) is 5.42. The molecule has 1 aliphatic heterocycles. The highest BCUT2D eigenvalue weighted by Gasteiger charge is 2.23. The standard InChI is InChI=1S/C20H28N2O4/c1-22(14-6-3-2-4-7-14)19(25)8-5-13-26-17-11-10-16(23)20-15(17)9-12-18(24)21-20/h10-11,14,23H,2-9,12-13H2,1H3,(H,21,24). The van der Waals surface area contributed by atoms with Crippen LogP contribution in [0.5, 0.6) is 11.5 Å². The summed E-state index contributed by atoms with van der Waals surface area (Å²) in [4.78, 5) is 25.8. The number of phenols is 1. The van der Waals surface area contributed by atoms with Gasteiger partial charge in [-0.25, -0.2) is 0 Å². The van der Waals surface area contributed by atoms with Crippen molar-refractivity contribution in [2.75, 3.05) is 19.0 Å². The molecule has 26 heavy (non-hydrogen) atoms. The lowest BCUT2D eigenvalue weighted by Gasteiger charge is -2.31. The number of carbonyl (C=O) groups is 2. The maximum absolute atomic E-state index is 12.4. The van der Waals surface area contributed by atoms with Crippen LogP contribution in [0.15, 0.2) is 12.1 Å². The summed E-state index contributed by atoms with van der Waals surface area (Å²) in [6, 6.07) is 3.65. The van der Waals surface area contributed by atoms with Gasteiger partial charge in [0.05, 0.1) is 12.3 Å². The molecule has 0 saturated heterocycles. The summed E-state index contributed by atoms with van der Waals surface area (Å²) in [7, 11) is 1.91. The summed E-state index contributed by atoms with van der Waals surface area (Å²) in [5.41, 5.74) is 1.28. The van der Waals surface area contributed by atoms with Crippen molar-refractivity contribution >= 4 is 17.5 Å². The molecular weight excluding hydrogens is 332 g/mol. The van der Waals surface area contributed by atoms with E-state index in [0.29, 0.717) is 49.8 Å². The molecule has 3 rings (SSSR count). The number of phenolic OH excluding ortho intramolecular Hbond substituents is 1. The molecule has 1 aromatic rings. The molecular formula is C20H28N2O4. The van der Waals surface area contributed by atoms with Gasteiger partial charge in [0.15, 0.2) is 0 Å². The van der Waals surface area contributed by atoms with Gasteiger partial charge in [0.1, 0.15) is 11.5 Å². The van der Waals surface area contributed by atoms with E-state index in [1.54, 1.807) is 6.07 Å². The van der Waals surface area contributed by atoms with Gasteiger partial charge in [-0.1, -0.05) is 19.3 Å². The molecule has 6 nitrogen and oxygen atoms in total. The molecule has 6 heteroatoms. The number of benzene rings is 1. The number of amides is 2. The third kappa shape index (κ3) is 4.29. The maximum Gasteiger partial charge on any atom is 0.224 e. The number of hydrogen-bond donors (Lipinski definition) is 2. The molecule has 142 valence electrons. The second kappa shape index (κ2) is 8.43. The molecule has 0 unspecified atom stereocenters. The molecule has 0 atom stereocenters. The molecule has 0 bridgehead atoms. The van der Waals surface area contributed by atoms with Crippen molar-refractivity contribution in [1.82, 2.24) is 4.90 Å². The fourth-order valence-electron chi connectivity index (χ4n) is 3.83. The van der Waals surface area contributed by atoms with Crippen LogP contribution in [0.3, 0.4) is 0 Å². The first kappa shape index (κ1) is 18.5. The summed E-state index contributed by atoms with van der Waals surface area (Å²) in [6.45, 7) is 0.440. The minimum absolute atomic E-state index is 0.0599. The van der Waals surface area contributed by atoms with E-state index < -0.39 is 0 Å². The van der Waals surface area contributed by atoms with Gasteiger partial charge in [-0.2, -0.15) is 0 Å². The predicted molar refractivity (Wildman–Crippen MR) is 99.4 cm³/mol. The molecule has 1 saturated carbocycles. The van der Waals surface area contributed by atoms with E-state index in [2.05, 4.69) is 5.32 Å². The van der Waals surface area contributed by atoms with E-state index in [4.69, 9.17) is 4.74 Å². The number of nitrogens with zero attached hydrogens (tertiary/aromatic N) is 1. The van der Waals surface area contributed by atoms with Crippen LogP contribution in [-0.4, -0.2) is 41.5 Å². The van der Waals surface area contributed by atoms with Gasteiger partial charge < -0.3 is 20.1 Å². The predicted octanol–water partition coefficient (Wildman–Crippen LogP) is 3.23. The van der Waals surface area contributed by atoms with Crippen LogP contribution in [0, 0.1) is 0 Å². The Balaban J connectivity index is 1.49. The normalized spacial score (nSPS) is 17.3. The van der Waals surface area contributed by atoms with E-state index in [9.17, 15) is 14.7 Å². The zero-order valence-electron chi connectivity index (χ0n) is 15.4. The first-order valence-electron chi connectivity index (χ1n) is 9.59. The minimum atomic E-state index is -0.0960. The van der Waals surface area contributed by atoms with Gasteiger partial charge >= 0.3 is 0 Å². The Bertz CT molecular complexity index is 668. The van der Waals surface area contributed by atoms with Gasteiger partial charge in [-0.15, -0.1) is 0 Å². The average Bonchev–Trinajstić information content (AvgIpc) is 2.67. The first-order chi connectivity index (χ1) is 12.6. The lowest BCUT2D eigenvalue weighted by atomic mass is 9.94. The zero-order chi connectivity index (χ0) is 18.5. The smallest absolute Gasteiger partial charge is 0.224 e. The fourth-order valence-corrected chi connectivity index (χ4v) is 3.83. The maximum atomic E-state index is 12.4. The SMILES string of the molecule is CN(C(=O)CCCOc1ccc(O)c2c1CCC(=O)N2)C1CCCCC1. The highest BCUT2D eigenvalue weighted by Crippen LogP contribution is 2.38. The summed E-state index contributed by atoms with van der Waals surface area (Å²) in [6.07, 6.45) is 8.01. The van der Waals surface area contributed by atoms with Crippen LogP contribution in [0.4, 0.5) is 5.69 Å². The van der Waals surface area contributed by atoms with Crippen LogP contribution in [0.25, 0.3) is 0 Å². The molecule has 2 N–H and O–H groups in total. The van der Waals surface area contributed by atoms with Crippen LogP contribution in [0.1, 0.15) is 56.9 Å². The lowest BCUT2D eigenvalue weighted by Crippen LogP contribution is -2.38. The van der Waals surface area contributed by atoms with Crippen molar-refractivity contribution < 1.29 is 19.4 Å².